The molecule has 0 saturated carbocycles. The van der Waals surface area contributed by atoms with Crippen LogP contribution in [0, 0.1) is 23.7 Å². The number of amides is 4. The molecule has 1 aromatic carbocycles. The summed E-state index contributed by atoms with van der Waals surface area (Å²) in [6.45, 7) is 21.6. The van der Waals surface area contributed by atoms with Gasteiger partial charge in [0.2, 0.25) is 17.7 Å². The summed E-state index contributed by atoms with van der Waals surface area (Å²) in [5.41, 5.74) is -5.49. The van der Waals surface area contributed by atoms with Gasteiger partial charge in [0, 0.05) is 10.0 Å². The number of carboxylic acids is 1. The van der Waals surface area contributed by atoms with Crippen molar-refractivity contribution in [1.29, 1.82) is 0 Å². The first kappa shape index (κ1) is 41.1. The van der Waals surface area contributed by atoms with Crippen LogP contribution in [0.5, 0.6) is 0 Å². The molecule has 4 atom stereocenters. The molecule has 0 bridgehead atoms. The van der Waals surface area contributed by atoms with Crippen LogP contribution in [0.4, 0.5) is 0 Å². The maximum Gasteiger partial charge on any atom is 0.329 e. The minimum Gasteiger partial charge on any atom is -0.480 e. The van der Waals surface area contributed by atoms with Crippen molar-refractivity contribution < 1.29 is 29.1 Å². The van der Waals surface area contributed by atoms with Crippen LogP contribution in [0.1, 0.15) is 119 Å². The maximum absolute atomic E-state index is 14.2. The molecule has 1 rings (SSSR count). The molecular weight excluding hydrogens is 652 g/mol. The van der Waals surface area contributed by atoms with Gasteiger partial charge in [0.25, 0.3) is 5.91 Å². The van der Waals surface area contributed by atoms with Crippen molar-refractivity contribution in [3.8, 4) is 0 Å². The molecule has 0 fully saturated rings. The van der Waals surface area contributed by atoms with Crippen LogP contribution >= 0.6 is 15.9 Å². The van der Waals surface area contributed by atoms with Gasteiger partial charge in [-0.25, -0.2) is 4.79 Å². The number of nitrogens with one attached hydrogen (secondary N) is 4. The van der Waals surface area contributed by atoms with Gasteiger partial charge in [-0.15, -0.1) is 0 Å². The van der Waals surface area contributed by atoms with Gasteiger partial charge in [-0.3, -0.25) is 19.2 Å². The number of halogens is 1. The smallest absolute Gasteiger partial charge is 0.329 e. The summed E-state index contributed by atoms with van der Waals surface area (Å²) in [6, 6.07) is 6.79. The lowest BCUT2D eigenvalue weighted by Gasteiger charge is -2.41. The van der Waals surface area contributed by atoms with Crippen molar-refractivity contribution in [2.24, 2.45) is 23.7 Å². The van der Waals surface area contributed by atoms with Gasteiger partial charge in [-0.05, 0) is 101 Å². The molecule has 0 aliphatic rings. The minimum absolute atomic E-state index is 0.0127. The molecule has 0 radical (unpaired) electrons. The number of benzene rings is 1. The first-order valence-electron chi connectivity index (χ1n) is 16.2. The van der Waals surface area contributed by atoms with Crippen LogP contribution in [-0.2, 0) is 19.2 Å². The fraction of sp³-hybridized carbons (Fsp3) is 0.686. The standard InChI is InChI=1S/C35H57BrN4O6/c1-21(2)17-32(9,37-27(41)25-13-15-26(36)16-14-25)28(42)38-33(10,18-22(3)4)29(43)39-34(11,19-23(5)6)30(44)40-35(12,31(45)46)20-24(7)8/h13-16,21-24H,17-20H2,1-12H3,(H,37,41)(H,38,42)(H,39,43)(H,40,44)(H,45,46)/t32-,33-,34-,35-/m1/s1. The molecule has 5 N–H and O–H groups in total. The molecule has 0 spiro atoms. The predicted molar refractivity (Wildman–Crippen MR) is 185 cm³/mol. The second-order valence-corrected chi connectivity index (χ2v) is 16.3. The summed E-state index contributed by atoms with van der Waals surface area (Å²) in [7, 11) is 0. The number of rotatable bonds is 17. The van der Waals surface area contributed by atoms with E-state index in [4.69, 9.17) is 0 Å². The van der Waals surface area contributed by atoms with Crippen molar-refractivity contribution in [3.05, 3.63) is 34.3 Å². The topological polar surface area (TPSA) is 154 Å². The van der Waals surface area contributed by atoms with Gasteiger partial charge in [-0.2, -0.15) is 0 Å². The molecule has 0 aliphatic heterocycles. The zero-order valence-electron chi connectivity index (χ0n) is 29.8. The molecule has 0 heterocycles. The monoisotopic (exact) mass is 708 g/mol. The molecule has 11 heteroatoms. The second-order valence-electron chi connectivity index (χ2n) is 15.3. The third-order valence-electron chi connectivity index (χ3n) is 7.91. The Hall–Kier alpha value is -2.95. The fourth-order valence-corrected chi connectivity index (χ4v) is 6.41. The summed E-state index contributed by atoms with van der Waals surface area (Å²) in [5.74, 6) is -3.38. The van der Waals surface area contributed by atoms with E-state index in [1.165, 1.54) is 6.92 Å². The molecular formula is C35H57BrN4O6. The number of hydrogen-bond donors (Lipinski definition) is 5. The van der Waals surface area contributed by atoms with Crippen LogP contribution in [0.2, 0.25) is 0 Å². The normalized spacial score (nSPS) is 17.0. The zero-order valence-corrected chi connectivity index (χ0v) is 31.4. The summed E-state index contributed by atoms with van der Waals surface area (Å²) in [4.78, 5) is 67.7. The van der Waals surface area contributed by atoms with Crippen LogP contribution < -0.4 is 21.3 Å². The van der Waals surface area contributed by atoms with E-state index in [2.05, 4.69) is 37.2 Å². The summed E-state index contributed by atoms with van der Waals surface area (Å²) in [6.07, 6.45) is 0.962. The number of aliphatic carboxylic acids is 1. The SMILES string of the molecule is CC(C)C[C@@](C)(NC(=O)[C@@](C)(CC(C)C)NC(=O)[C@@](C)(CC(C)C)NC(=O)[C@@](C)(CC(C)C)NC(=O)c1ccc(Br)cc1)C(=O)O. The van der Waals surface area contributed by atoms with Gasteiger partial charge in [0.05, 0.1) is 0 Å². The zero-order chi connectivity index (χ0) is 35.8. The third-order valence-corrected chi connectivity index (χ3v) is 8.43. The average Bonchev–Trinajstić information content (AvgIpc) is 2.86. The molecule has 1 aromatic rings. The van der Waals surface area contributed by atoms with E-state index in [1.807, 2.05) is 55.4 Å². The molecule has 0 saturated heterocycles. The highest BCUT2D eigenvalue weighted by Gasteiger charge is 2.47. The number of hydrogen-bond acceptors (Lipinski definition) is 5. The van der Waals surface area contributed by atoms with Gasteiger partial charge >= 0.3 is 5.97 Å². The van der Waals surface area contributed by atoms with Gasteiger partial charge < -0.3 is 26.4 Å². The molecule has 260 valence electrons. The van der Waals surface area contributed by atoms with Crippen molar-refractivity contribution in [3.63, 3.8) is 0 Å². The highest BCUT2D eigenvalue weighted by Crippen LogP contribution is 2.27. The Morgan fingerprint density at radius 1 is 0.565 bits per heavy atom. The van der Waals surface area contributed by atoms with Crippen LogP contribution in [0.25, 0.3) is 0 Å². The molecule has 0 unspecified atom stereocenters. The van der Waals surface area contributed by atoms with E-state index in [9.17, 15) is 29.1 Å². The third kappa shape index (κ3) is 11.7. The molecule has 46 heavy (non-hydrogen) atoms. The second kappa shape index (κ2) is 16.2. The molecule has 0 aliphatic carbocycles. The molecule has 4 amide bonds. The Balaban J connectivity index is 3.49. The van der Waals surface area contributed by atoms with E-state index >= 15 is 0 Å². The molecule has 10 nitrogen and oxygen atoms in total. The lowest BCUT2D eigenvalue weighted by molar-refractivity contribution is -0.149. The first-order valence-corrected chi connectivity index (χ1v) is 17.0. The van der Waals surface area contributed by atoms with Gasteiger partial charge in [-0.1, -0.05) is 71.3 Å². The van der Waals surface area contributed by atoms with Crippen LogP contribution in [0.3, 0.4) is 0 Å². The van der Waals surface area contributed by atoms with Crippen LogP contribution in [-0.4, -0.2) is 56.9 Å². The highest BCUT2D eigenvalue weighted by atomic mass is 79.9. The summed E-state index contributed by atoms with van der Waals surface area (Å²) in [5, 5.41) is 21.4. The lowest BCUT2D eigenvalue weighted by atomic mass is 9.83. The van der Waals surface area contributed by atoms with Crippen LogP contribution in [0.15, 0.2) is 28.7 Å². The van der Waals surface area contributed by atoms with Crippen molar-refractivity contribution in [2.45, 2.75) is 131 Å². The van der Waals surface area contributed by atoms with E-state index in [-0.39, 0.29) is 42.9 Å². The lowest BCUT2D eigenvalue weighted by Crippen LogP contribution is -2.69. The van der Waals surface area contributed by atoms with E-state index in [0.29, 0.717) is 12.0 Å². The Bertz CT molecular complexity index is 1250. The average molecular weight is 710 g/mol. The maximum atomic E-state index is 14.2. The summed E-state index contributed by atoms with van der Waals surface area (Å²) < 4.78 is 0.813. The van der Waals surface area contributed by atoms with Crippen molar-refractivity contribution in [2.75, 3.05) is 0 Å². The fourth-order valence-electron chi connectivity index (χ4n) is 6.15. The number of carboxylic acid groups (broad SMARTS) is 1. The Kier molecular flexibility index (Phi) is 14.5. The number of carbonyl (C=O) groups is 5. The van der Waals surface area contributed by atoms with Gasteiger partial charge in [0.15, 0.2) is 0 Å². The summed E-state index contributed by atoms with van der Waals surface area (Å²) >= 11 is 3.37. The van der Waals surface area contributed by atoms with Crippen molar-refractivity contribution >= 4 is 45.5 Å². The van der Waals surface area contributed by atoms with E-state index < -0.39 is 51.8 Å². The van der Waals surface area contributed by atoms with E-state index in [1.54, 1.807) is 45.0 Å². The first-order chi connectivity index (χ1) is 20.9. The quantitative estimate of drug-likeness (QED) is 0.137. The highest BCUT2D eigenvalue weighted by molar-refractivity contribution is 9.10. The van der Waals surface area contributed by atoms with Crippen molar-refractivity contribution in [1.82, 2.24) is 21.3 Å². The molecule has 0 aromatic heterocycles. The largest absolute Gasteiger partial charge is 0.480 e. The van der Waals surface area contributed by atoms with E-state index in [0.717, 1.165) is 4.47 Å². The Labute approximate surface area is 284 Å². The number of carbonyl (C=O) groups excluding carboxylic acids is 4. The Morgan fingerprint density at radius 3 is 1.15 bits per heavy atom. The Morgan fingerprint density at radius 2 is 0.848 bits per heavy atom. The predicted octanol–water partition coefficient (Wildman–Crippen LogP) is 5.83. The van der Waals surface area contributed by atoms with Gasteiger partial charge in [0.1, 0.15) is 22.2 Å². The minimum atomic E-state index is -1.55.